The number of anilines is 1. The van der Waals surface area contributed by atoms with Crippen LogP contribution in [0.1, 0.15) is 12.8 Å². The zero-order chi connectivity index (χ0) is 14.3. The summed E-state index contributed by atoms with van der Waals surface area (Å²) in [6, 6.07) is 5.77. The van der Waals surface area contributed by atoms with Gasteiger partial charge in [0.2, 0.25) is 10.0 Å². The van der Waals surface area contributed by atoms with Crippen LogP contribution >= 0.6 is 0 Å². The first-order valence-corrected chi connectivity index (χ1v) is 8.12. The topological polar surface area (TPSA) is 81.9 Å². The number of ether oxygens (including phenoxy) is 2. The fourth-order valence-electron chi connectivity index (χ4n) is 3.10. The minimum absolute atomic E-state index is 0.0309. The lowest BCUT2D eigenvalue weighted by Gasteiger charge is -2.36. The number of rotatable bonds is 3. The quantitative estimate of drug-likeness (QED) is 0.888. The molecule has 2 fully saturated rings. The van der Waals surface area contributed by atoms with E-state index in [1.54, 1.807) is 12.1 Å². The Bertz CT molecular complexity index is 601. The third kappa shape index (κ3) is 2.25. The van der Waals surface area contributed by atoms with E-state index >= 15 is 0 Å². The predicted octanol–water partition coefficient (Wildman–Crippen LogP) is 0.710. The summed E-state index contributed by atoms with van der Waals surface area (Å²) < 4.78 is 34.0. The molecule has 0 radical (unpaired) electrons. The first-order chi connectivity index (χ1) is 9.50. The van der Waals surface area contributed by atoms with E-state index in [1.807, 2.05) is 6.07 Å². The van der Waals surface area contributed by atoms with Gasteiger partial charge in [-0.05, 0) is 31.0 Å². The highest BCUT2D eigenvalue weighted by molar-refractivity contribution is 7.89. The Balaban J connectivity index is 2.03. The molecule has 110 valence electrons. The van der Waals surface area contributed by atoms with Gasteiger partial charge in [0.25, 0.3) is 0 Å². The van der Waals surface area contributed by atoms with Crippen LogP contribution < -0.4 is 14.8 Å². The van der Waals surface area contributed by atoms with Crippen LogP contribution in [0.25, 0.3) is 0 Å². The lowest BCUT2D eigenvalue weighted by molar-refractivity contribution is 0.0906. The molecule has 0 aliphatic carbocycles. The van der Waals surface area contributed by atoms with E-state index in [0.29, 0.717) is 25.3 Å². The molecule has 2 aliphatic rings. The Morgan fingerprint density at radius 1 is 1.30 bits per heavy atom. The molecule has 2 N–H and O–H groups in total. The van der Waals surface area contributed by atoms with E-state index in [4.69, 9.17) is 14.6 Å². The van der Waals surface area contributed by atoms with Crippen molar-refractivity contribution in [3.63, 3.8) is 0 Å². The lowest BCUT2D eigenvalue weighted by Crippen LogP contribution is -2.46. The molecule has 0 amide bonds. The maximum Gasteiger partial charge on any atom is 0.241 e. The van der Waals surface area contributed by atoms with Gasteiger partial charge in [0, 0.05) is 5.69 Å². The molecule has 1 aromatic carbocycles. The number of sulfonamides is 1. The molecule has 2 unspecified atom stereocenters. The molecule has 2 aliphatic heterocycles. The Morgan fingerprint density at radius 3 is 2.50 bits per heavy atom. The second-order valence-electron chi connectivity index (χ2n) is 5.21. The second-order valence-corrected chi connectivity index (χ2v) is 6.74. The number of nitrogens with two attached hydrogens (primary N) is 1. The van der Waals surface area contributed by atoms with Crippen LogP contribution in [0.4, 0.5) is 5.69 Å². The molecule has 7 heteroatoms. The van der Waals surface area contributed by atoms with E-state index in [1.165, 1.54) is 7.11 Å². The van der Waals surface area contributed by atoms with Gasteiger partial charge in [-0.2, -0.15) is 0 Å². The monoisotopic (exact) mass is 298 g/mol. The Labute approximate surface area is 118 Å². The van der Waals surface area contributed by atoms with Crippen LogP contribution in [-0.4, -0.2) is 40.8 Å². The van der Waals surface area contributed by atoms with Gasteiger partial charge in [-0.25, -0.2) is 13.6 Å². The van der Waals surface area contributed by atoms with Gasteiger partial charge in [-0.3, -0.25) is 0 Å². The number of fused-ring (bicyclic) bond motifs is 2. The molecule has 6 nitrogen and oxygen atoms in total. The molecular formula is C13H18N2O4S. The van der Waals surface area contributed by atoms with Crippen LogP contribution in [0.15, 0.2) is 23.1 Å². The molecule has 2 atom stereocenters. The fraction of sp³-hybridized carbons (Fsp3) is 0.538. The summed E-state index contributed by atoms with van der Waals surface area (Å²) in [6.45, 7) is 1.38. The third-order valence-electron chi connectivity index (χ3n) is 3.99. The lowest BCUT2D eigenvalue weighted by atomic mass is 10.2. The van der Waals surface area contributed by atoms with Gasteiger partial charge in [0.05, 0.1) is 32.4 Å². The molecule has 0 saturated carbocycles. The number of primary sulfonamides is 1. The summed E-state index contributed by atoms with van der Waals surface area (Å²) in [5.74, 6) is 0.275. The third-order valence-corrected chi connectivity index (χ3v) is 4.92. The molecule has 2 saturated heterocycles. The van der Waals surface area contributed by atoms with Gasteiger partial charge in [-0.15, -0.1) is 0 Å². The minimum atomic E-state index is -3.80. The van der Waals surface area contributed by atoms with Crippen molar-refractivity contribution in [2.75, 3.05) is 25.2 Å². The first-order valence-electron chi connectivity index (χ1n) is 6.57. The Kier molecular flexibility index (Phi) is 3.35. The summed E-state index contributed by atoms with van der Waals surface area (Å²) in [5, 5.41) is 5.27. The van der Waals surface area contributed by atoms with Crippen LogP contribution in [0.5, 0.6) is 5.75 Å². The number of nitrogens with zero attached hydrogens (tertiary/aromatic N) is 1. The zero-order valence-corrected chi connectivity index (χ0v) is 12.1. The molecule has 3 rings (SSSR count). The molecule has 1 aromatic rings. The van der Waals surface area contributed by atoms with E-state index in [0.717, 1.165) is 18.5 Å². The van der Waals surface area contributed by atoms with E-state index in [9.17, 15) is 8.42 Å². The van der Waals surface area contributed by atoms with Crippen molar-refractivity contribution < 1.29 is 17.9 Å². The highest BCUT2D eigenvalue weighted by atomic mass is 32.2. The van der Waals surface area contributed by atoms with Gasteiger partial charge in [-0.1, -0.05) is 0 Å². The van der Waals surface area contributed by atoms with Gasteiger partial charge in [0.1, 0.15) is 10.6 Å². The van der Waals surface area contributed by atoms with Crippen molar-refractivity contribution in [3.8, 4) is 5.75 Å². The van der Waals surface area contributed by atoms with E-state index in [2.05, 4.69) is 4.90 Å². The van der Waals surface area contributed by atoms with Gasteiger partial charge < -0.3 is 14.4 Å². The van der Waals surface area contributed by atoms with Crippen LogP contribution in [0, 0.1) is 0 Å². The van der Waals surface area contributed by atoms with Crippen LogP contribution in [-0.2, 0) is 14.8 Å². The smallest absolute Gasteiger partial charge is 0.241 e. The number of methoxy groups -OCH3 is 1. The van der Waals surface area contributed by atoms with Gasteiger partial charge >= 0.3 is 0 Å². The van der Waals surface area contributed by atoms with Crippen LogP contribution in [0.2, 0.25) is 0 Å². The molecular weight excluding hydrogens is 280 g/mol. The normalized spacial score (nSPS) is 25.8. The predicted molar refractivity (Wildman–Crippen MR) is 74.5 cm³/mol. The average molecular weight is 298 g/mol. The van der Waals surface area contributed by atoms with E-state index < -0.39 is 10.0 Å². The van der Waals surface area contributed by atoms with E-state index in [-0.39, 0.29) is 10.6 Å². The fourth-order valence-corrected chi connectivity index (χ4v) is 3.82. The van der Waals surface area contributed by atoms with Crippen molar-refractivity contribution in [1.29, 1.82) is 0 Å². The summed E-state index contributed by atoms with van der Waals surface area (Å²) in [5.41, 5.74) is 0.866. The van der Waals surface area contributed by atoms with Gasteiger partial charge in [0.15, 0.2) is 0 Å². The largest absolute Gasteiger partial charge is 0.495 e. The summed E-state index contributed by atoms with van der Waals surface area (Å²) in [4.78, 5) is 2.28. The Hall–Kier alpha value is -1.31. The maximum atomic E-state index is 11.7. The van der Waals surface area contributed by atoms with Crippen molar-refractivity contribution in [2.45, 2.75) is 29.8 Å². The molecule has 2 heterocycles. The summed E-state index contributed by atoms with van der Waals surface area (Å²) in [6.07, 6.45) is 2.14. The SMILES string of the molecule is COc1ccc(N2C3CCC2COC3)cc1S(N)(=O)=O. The summed E-state index contributed by atoms with van der Waals surface area (Å²) >= 11 is 0. The van der Waals surface area contributed by atoms with Crippen molar-refractivity contribution >= 4 is 15.7 Å². The zero-order valence-electron chi connectivity index (χ0n) is 11.3. The number of hydrogen-bond acceptors (Lipinski definition) is 5. The van der Waals surface area contributed by atoms with Crippen LogP contribution in [0.3, 0.4) is 0 Å². The van der Waals surface area contributed by atoms with Crippen molar-refractivity contribution in [1.82, 2.24) is 0 Å². The first kappa shape index (κ1) is 13.7. The average Bonchev–Trinajstić information content (AvgIpc) is 2.66. The number of benzene rings is 1. The Morgan fingerprint density at radius 2 is 1.95 bits per heavy atom. The molecule has 20 heavy (non-hydrogen) atoms. The summed E-state index contributed by atoms with van der Waals surface area (Å²) in [7, 11) is -2.37. The minimum Gasteiger partial charge on any atom is -0.495 e. The molecule has 2 bridgehead atoms. The number of morpholine rings is 1. The standard InChI is InChI=1S/C13H18N2O4S/c1-18-12-5-4-9(6-13(12)20(14,16)17)15-10-2-3-11(15)8-19-7-10/h4-6,10-11H,2-3,7-8H2,1H3,(H2,14,16,17). The van der Waals surface area contributed by atoms with Crippen molar-refractivity contribution in [2.24, 2.45) is 5.14 Å². The molecule has 0 aromatic heterocycles. The highest BCUT2D eigenvalue weighted by Crippen LogP contribution is 2.36. The second kappa shape index (κ2) is 4.91. The number of hydrogen-bond donors (Lipinski definition) is 1. The highest BCUT2D eigenvalue weighted by Gasteiger charge is 2.37. The molecule has 0 spiro atoms. The maximum absolute atomic E-state index is 11.7. The van der Waals surface area contributed by atoms with Crippen molar-refractivity contribution in [3.05, 3.63) is 18.2 Å².